The third kappa shape index (κ3) is 9.77. The quantitative estimate of drug-likeness (QED) is 0.228. The molecule has 1 fully saturated rings. The third-order valence-corrected chi connectivity index (χ3v) is 9.15. The Hall–Kier alpha value is -1.83. The number of aliphatic hydroxyl groups is 2. The molecule has 0 aromatic carbocycles. The third-order valence-electron chi connectivity index (χ3n) is 5.42. The summed E-state index contributed by atoms with van der Waals surface area (Å²) in [5.74, 6) is 11.4. The van der Waals surface area contributed by atoms with Gasteiger partial charge in [-0.3, -0.25) is 10.1 Å². The Balaban J connectivity index is 2.67. The molecule has 0 saturated carbocycles. The van der Waals surface area contributed by atoms with Crippen molar-refractivity contribution in [3.05, 3.63) is 35.1 Å². The Morgan fingerprint density at radius 2 is 2.08 bits per heavy atom. The van der Waals surface area contributed by atoms with Gasteiger partial charge < -0.3 is 24.4 Å². The molecular weight excluding hydrogens is 534 g/mol. The molecule has 2 aliphatic rings. The van der Waals surface area contributed by atoms with E-state index in [0.717, 1.165) is 0 Å². The van der Waals surface area contributed by atoms with Gasteiger partial charge in [0.25, 0.3) is 0 Å². The SMILES string of the molecule is CC#C/C=C\C#C[C@H](OC1CC(O)CC(C)O1)C1=C(NC(=O)OC)C(=O)C[C@](C)(O)/C1=C/CSSSC. The van der Waals surface area contributed by atoms with Crippen molar-refractivity contribution in [2.24, 2.45) is 0 Å². The van der Waals surface area contributed by atoms with Crippen LogP contribution in [0.1, 0.15) is 40.0 Å². The van der Waals surface area contributed by atoms with E-state index in [1.165, 1.54) is 13.2 Å². The van der Waals surface area contributed by atoms with Crippen molar-refractivity contribution in [3.8, 4) is 23.7 Å². The average molecular weight is 568 g/mol. The maximum Gasteiger partial charge on any atom is 0.411 e. The first kappa shape index (κ1) is 31.4. The molecule has 8 nitrogen and oxygen atoms in total. The molecule has 11 heteroatoms. The van der Waals surface area contributed by atoms with Crippen LogP contribution in [0.2, 0.25) is 0 Å². The van der Waals surface area contributed by atoms with Crippen LogP contribution in [0.5, 0.6) is 0 Å². The molecule has 0 spiro atoms. The maximum absolute atomic E-state index is 13.2. The number of ether oxygens (including phenoxy) is 3. The van der Waals surface area contributed by atoms with Crippen LogP contribution < -0.4 is 5.32 Å². The summed E-state index contributed by atoms with van der Waals surface area (Å²) in [6.45, 7) is 5.07. The van der Waals surface area contributed by atoms with Crippen LogP contribution in [0.4, 0.5) is 4.79 Å². The minimum Gasteiger partial charge on any atom is -0.453 e. The molecular formula is C26H33NO7S3. The number of hydrogen-bond donors (Lipinski definition) is 3. The van der Waals surface area contributed by atoms with Gasteiger partial charge in [-0.1, -0.05) is 45.4 Å². The lowest BCUT2D eigenvalue weighted by molar-refractivity contribution is -0.216. The molecule has 3 N–H and O–H groups in total. The van der Waals surface area contributed by atoms with E-state index in [2.05, 4.69) is 29.0 Å². The van der Waals surface area contributed by atoms with Crippen molar-refractivity contribution in [2.45, 2.75) is 70.2 Å². The van der Waals surface area contributed by atoms with Gasteiger partial charge in [0, 0.05) is 24.2 Å². The van der Waals surface area contributed by atoms with E-state index in [-0.39, 0.29) is 30.2 Å². The lowest BCUT2D eigenvalue weighted by Crippen LogP contribution is -2.45. The molecule has 37 heavy (non-hydrogen) atoms. The topological polar surface area (TPSA) is 114 Å². The van der Waals surface area contributed by atoms with E-state index in [1.807, 2.05) is 19.3 Å². The van der Waals surface area contributed by atoms with Gasteiger partial charge >= 0.3 is 6.09 Å². The van der Waals surface area contributed by atoms with E-state index in [9.17, 15) is 19.8 Å². The highest BCUT2D eigenvalue weighted by atomic mass is 33.5. The molecule has 5 atom stereocenters. The zero-order valence-corrected chi connectivity index (χ0v) is 24.0. The first-order valence-electron chi connectivity index (χ1n) is 11.6. The van der Waals surface area contributed by atoms with E-state index in [0.29, 0.717) is 17.7 Å². The van der Waals surface area contributed by atoms with Gasteiger partial charge in [-0.05, 0) is 61.0 Å². The number of aliphatic hydroxyl groups excluding tert-OH is 1. The van der Waals surface area contributed by atoms with Crippen molar-refractivity contribution < 1.29 is 34.0 Å². The summed E-state index contributed by atoms with van der Waals surface area (Å²) in [5, 5.41) is 24.1. The van der Waals surface area contributed by atoms with Gasteiger partial charge in [0.2, 0.25) is 0 Å². The van der Waals surface area contributed by atoms with Gasteiger partial charge in [-0.2, -0.15) is 0 Å². The maximum atomic E-state index is 13.2. The number of nitrogens with one attached hydrogen (secondary N) is 1. The number of allylic oxidation sites excluding steroid dienone is 3. The smallest absolute Gasteiger partial charge is 0.411 e. The second kappa shape index (κ2) is 15.6. The molecule has 2 rings (SSSR count). The first-order chi connectivity index (χ1) is 17.6. The lowest BCUT2D eigenvalue weighted by atomic mass is 9.76. The van der Waals surface area contributed by atoms with E-state index < -0.39 is 36.0 Å². The van der Waals surface area contributed by atoms with Gasteiger partial charge in [-0.25, -0.2) is 4.79 Å². The number of carbonyl (C=O) groups excluding carboxylic acids is 2. The molecule has 0 aromatic heterocycles. The zero-order chi connectivity index (χ0) is 27.4. The number of Topliss-reactive ketones (excluding diaryl/α,β-unsaturated/α-hetero) is 1. The number of ketones is 1. The van der Waals surface area contributed by atoms with E-state index in [1.54, 1.807) is 51.3 Å². The summed E-state index contributed by atoms with van der Waals surface area (Å²) >= 11 is 0. The van der Waals surface area contributed by atoms with Crippen molar-refractivity contribution in [2.75, 3.05) is 19.1 Å². The highest BCUT2D eigenvalue weighted by Gasteiger charge is 2.43. The van der Waals surface area contributed by atoms with Gasteiger partial charge in [0.05, 0.1) is 30.6 Å². The number of amides is 1. The first-order valence-corrected chi connectivity index (χ1v) is 15.6. The van der Waals surface area contributed by atoms with Crippen LogP contribution in [0.25, 0.3) is 0 Å². The zero-order valence-electron chi connectivity index (χ0n) is 21.5. The molecule has 202 valence electrons. The highest BCUT2D eigenvalue weighted by molar-refractivity contribution is 9.09. The average Bonchev–Trinajstić information content (AvgIpc) is 2.82. The Bertz CT molecular complexity index is 1040. The Labute approximate surface area is 230 Å². The molecule has 1 aliphatic carbocycles. The summed E-state index contributed by atoms with van der Waals surface area (Å²) < 4.78 is 16.9. The van der Waals surface area contributed by atoms with Crippen molar-refractivity contribution in [1.29, 1.82) is 0 Å². The normalized spacial score (nSPS) is 27.8. The summed E-state index contributed by atoms with van der Waals surface area (Å²) in [4.78, 5) is 25.4. The number of rotatable bonds is 8. The molecule has 1 saturated heterocycles. The van der Waals surface area contributed by atoms with Gasteiger partial charge in [-0.15, -0.1) is 5.92 Å². The summed E-state index contributed by atoms with van der Waals surface area (Å²) in [6.07, 6.45) is 3.67. The van der Waals surface area contributed by atoms with Gasteiger partial charge in [0.1, 0.15) is 6.10 Å². The Morgan fingerprint density at radius 3 is 2.73 bits per heavy atom. The van der Waals surface area contributed by atoms with Crippen LogP contribution in [-0.4, -0.2) is 71.4 Å². The van der Waals surface area contributed by atoms with Crippen LogP contribution in [-0.2, 0) is 19.0 Å². The lowest BCUT2D eigenvalue weighted by Gasteiger charge is -2.38. The number of carbonyl (C=O) groups is 2. The van der Waals surface area contributed by atoms with Crippen LogP contribution in [0.3, 0.4) is 0 Å². The van der Waals surface area contributed by atoms with Crippen molar-refractivity contribution >= 4 is 43.3 Å². The number of methoxy groups -OCH3 is 1. The Morgan fingerprint density at radius 1 is 1.35 bits per heavy atom. The molecule has 0 radical (unpaired) electrons. The molecule has 0 aromatic rings. The fourth-order valence-electron chi connectivity index (χ4n) is 3.93. The fourth-order valence-corrected chi connectivity index (χ4v) is 6.34. The minimum atomic E-state index is -1.54. The van der Waals surface area contributed by atoms with Crippen molar-refractivity contribution in [1.82, 2.24) is 5.32 Å². The molecule has 1 amide bonds. The molecule has 0 bridgehead atoms. The number of alkyl carbamates (subject to hydrolysis) is 1. The van der Waals surface area contributed by atoms with E-state index >= 15 is 0 Å². The standard InChI is InChI=1S/C26H33NO7S3/c1-6-7-8-9-10-11-21(34-22-15-18(28)14-17(2)33-22)23-19(12-13-36-37-35-5)26(3,31)16-20(29)24(23)27-25(30)32-4/h8-9,12,17-18,21-22,28,31H,13-16H2,1-5H3,(H,27,30)/b9-8-,19-12+/t17?,18?,21-,22?,26-/m0/s1. The summed E-state index contributed by atoms with van der Waals surface area (Å²) in [5.41, 5.74) is -0.965. The second-order valence-electron chi connectivity index (χ2n) is 8.45. The Kier molecular flexibility index (Phi) is 13.2. The van der Waals surface area contributed by atoms with E-state index in [4.69, 9.17) is 14.2 Å². The molecule has 1 heterocycles. The minimum absolute atomic E-state index is 0.0619. The fraction of sp³-hybridized carbons (Fsp3) is 0.538. The van der Waals surface area contributed by atoms with Crippen molar-refractivity contribution in [3.63, 3.8) is 0 Å². The number of hydrogen-bond acceptors (Lipinski definition) is 10. The van der Waals surface area contributed by atoms with Crippen LogP contribution in [0.15, 0.2) is 35.1 Å². The molecule has 3 unspecified atom stereocenters. The predicted octanol–water partition coefficient (Wildman–Crippen LogP) is 3.76. The second-order valence-corrected chi connectivity index (χ2v) is 12.8. The van der Waals surface area contributed by atoms with Crippen LogP contribution in [0, 0.1) is 23.7 Å². The molecule has 1 aliphatic heterocycles. The predicted molar refractivity (Wildman–Crippen MR) is 149 cm³/mol. The van der Waals surface area contributed by atoms with Gasteiger partial charge in [0.15, 0.2) is 12.1 Å². The summed E-state index contributed by atoms with van der Waals surface area (Å²) in [6, 6.07) is 0. The monoisotopic (exact) mass is 567 g/mol. The largest absolute Gasteiger partial charge is 0.453 e. The van der Waals surface area contributed by atoms with Crippen LogP contribution >= 0.6 is 31.4 Å². The highest BCUT2D eigenvalue weighted by Crippen LogP contribution is 2.40. The summed E-state index contributed by atoms with van der Waals surface area (Å²) in [7, 11) is 5.92.